The van der Waals surface area contributed by atoms with Gasteiger partial charge in [-0.25, -0.2) is 0 Å². The maximum atomic E-state index is 12.3. The first-order chi connectivity index (χ1) is 9.99. The number of rotatable bonds is 6. The van der Waals surface area contributed by atoms with Gasteiger partial charge in [-0.1, -0.05) is 6.07 Å². The Labute approximate surface area is 121 Å². The normalized spacial score (nSPS) is 18.4. The monoisotopic (exact) mass is 300 g/mol. The van der Waals surface area contributed by atoms with Crippen molar-refractivity contribution in [1.82, 2.24) is 10.2 Å². The minimum atomic E-state index is -2.90. The minimum absolute atomic E-state index is 0.00594. The molecule has 2 rings (SSSR count). The predicted octanol–water partition coefficient (Wildman–Crippen LogP) is 1.62. The second-order valence-electron chi connectivity index (χ2n) is 4.92. The van der Waals surface area contributed by atoms with Crippen LogP contribution >= 0.6 is 0 Å². The quantitative estimate of drug-likeness (QED) is 0.867. The Kier molecular flexibility index (Phi) is 4.95. The number of hydrogen-bond donors (Lipinski definition) is 1. The second-order valence-corrected chi connectivity index (χ2v) is 4.92. The fraction of sp³-hybridized carbons (Fsp3) is 0.500. The summed E-state index contributed by atoms with van der Waals surface area (Å²) < 4.78 is 34.1. The Bertz CT molecular complexity index is 511. The molecule has 1 aromatic rings. The van der Waals surface area contributed by atoms with Crippen LogP contribution in [-0.2, 0) is 11.3 Å². The first-order valence-electron chi connectivity index (χ1n) is 6.58. The molecule has 1 aliphatic heterocycles. The van der Waals surface area contributed by atoms with E-state index in [2.05, 4.69) is 10.1 Å². The molecule has 1 fully saturated rings. The Morgan fingerprint density at radius 1 is 1.43 bits per heavy atom. The summed E-state index contributed by atoms with van der Waals surface area (Å²) in [6.45, 7) is -1.78. The van der Waals surface area contributed by atoms with E-state index in [1.54, 1.807) is 24.1 Å². The van der Waals surface area contributed by atoms with Crippen LogP contribution in [0.5, 0.6) is 11.5 Å². The molecule has 0 radical (unpaired) electrons. The van der Waals surface area contributed by atoms with Gasteiger partial charge in [-0.3, -0.25) is 4.79 Å². The van der Waals surface area contributed by atoms with E-state index in [1.165, 1.54) is 13.2 Å². The van der Waals surface area contributed by atoms with Crippen LogP contribution in [0.25, 0.3) is 0 Å². The summed E-state index contributed by atoms with van der Waals surface area (Å²) in [6.07, 6.45) is 0.451. The largest absolute Gasteiger partial charge is 0.493 e. The molecule has 5 nitrogen and oxygen atoms in total. The number of halogens is 2. The van der Waals surface area contributed by atoms with Gasteiger partial charge in [0.15, 0.2) is 11.5 Å². The van der Waals surface area contributed by atoms with Crippen molar-refractivity contribution in [2.45, 2.75) is 25.6 Å². The topological polar surface area (TPSA) is 50.8 Å². The number of likely N-dealkylation sites (tertiary alicyclic amines) is 1. The van der Waals surface area contributed by atoms with E-state index < -0.39 is 6.61 Å². The number of nitrogens with zero attached hydrogens (tertiary/aromatic N) is 1. The molecule has 1 saturated heterocycles. The van der Waals surface area contributed by atoms with Gasteiger partial charge in [0, 0.05) is 32.6 Å². The molecule has 1 amide bonds. The lowest BCUT2D eigenvalue weighted by atomic mass is 10.1. The van der Waals surface area contributed by atoms with Crippen LogP contribution in [0.3, 0.4) is 0 Å². The highest BCUT2D eigenvalue weighted by molar-refractivity contribution is 5.78. The molecule has 0 spiro atoms. The van der Waals surface area contributed by atoms with Gasteiger partial charge < -0.3 is 19.7 Å². The third-order valence-electron chi connectivity index (χ3n) is 3.38. The predicted molar refractivity (Wildman–Crippen MR) is 72.5 cm³/mol. The van der Waals surface area contributed by atoms with Gasteiger partial charge in [0.25, 0.3) is 0 Å². The molecular formula is C14H18F2N2O3. The Morgan fingerprint density at radius 2 is 2.19 bits per heavy atom. The number of carbonyl (C=O) groups excluding carboxylic acids is 1. The number of ether oxygens (including phenoxy) is 2. The molecule has 0 unspecified atom stereocenters. The fourth-order valence-corrected chi connectivity index (χ4v) is 2.28. The minimum Gasteiger partial charge on any atom is -0.493 e. The number of methoxy groups -OCH3 is 1. The number of likely N-dealkylation sites (N-methyl/N-ethyl adjacent to an activating group) is 1. The summed E-state index contributed by atoms with van der Waals surface area (Å²) in [5, 5.41) is 3.23. The number of alkyl halides is 2. The van der Waals surface area contributed by atoms with Crippen molar-refractivity contribution in [1.29, 1.82) is 0 Å². The lowest BCUT2D eigenvalue weighted by Crippen LogP contribution is -2.31. The highest BCUT2D eigenvalue weighted by atomic mass is 19.3. The summed E-state index contributed by atoms with van der Waals surface area (Å²) in [4.78, 5) is 13.1. The van der Waals surface area contributed by atoms with Crippen LogP contribution in [0, 0.1) is 0 Å². The average Bonchev–Trinajstić information content (AvgIpc) is 2.75. The third kappa shape index (κ3) is 4.04. The maximum absolute atomic E-state index is 12.3. The summed E-state index contributed by atoms with van der Waals surface area (Å²) in [7, 11) is 3.15. The summed E-state index contributed by atoms with van der Waals surface area (Å²) >= 11 is 0. The van der Waals surface area contributed by atoms with Crippen molar-refractivity contribution in [3.05, 3.63) is 23.8 Å². The Hall–Kier alpha value is -1.89. The fourth-order valence-electron chi connectivity index (χ4n) is 2.28. The van der Waals surface area contributed by atoms with Gasteiger partial charge >= 0.3 is 6.61 Å². The first-order valence-corrected chi connectivity index (χ1v) is 6.58. The highest BCUT2D eigenvalue weighted by Gasteiger charge is 2.26. The van der Waals surface area contributed by atoms with E-state index in [4.69, 9.17) is 4.74 Å². The lowest BCUT2D eigenvalue weighted by Gasteiger charge is -2.14. The molecule has 1 heterocycles. The van der Waals surface area contributed by atoms with Crippen molar-refractivity contribution in [2.75, 3.05) is 20.7 Å². The van der Waals surface area contributed by atoms with E-state index in [0.29, 0.717) is 19.5 Å². The van der Waals surface area contributed by atoms with Gasteiger partial charge in [0.2, 0.25) is 5.91 Å². The van der Waals surface area contributed by atoms with E-state index >= 15 is 0 Å². The number of hydrogen-bond acceptors (Lipinski definition) is 4. The standard InChI is InChI=1S/C14H18F2N2O3/c1-18-8-10(6-13(18)19)17-7-9-3-4-11(20-2)12(5-9)21-14(15)16/h3-5,10,14,17H,6-8H2,1-2H3/t10-/m0/s1. The van der Waals surface area contributed by atoms with Gasteiger partial charge in [-0.15, -0.1) is 0 Å². The molecule has 21 heavy (non-hydrogen) atoms. The number of benzene rings is 1. The Balaban J connectivity index is 1.98. The zero-order chi connectivity index (χ0) is 15.4. The first kappa shape index (κ1) is 15.5. The molecule has 7 heteroatoms. The molecule has 1 aliphatic rings. The van der Waals surface area contributed by atoms with Crippen LogP contribution in [-0.4, -0.2) is 44.2 Å². The van der Waals surface area contributed by atoms with Gasteiger partial charge in [0.05, 0.1) is 7.11 Å². The molecule has 1 atom stereocenters. The van der Waals surface area contributed by atoms with Gasteiger partial charge in [-0.2, -0.15) is 8.78 Å². The van der Waals surface area contributed by atoms with E-state index in [-0.39, 0.29) is 23.4 Å². The molecule has 0 bridgehead atoms. The van der Waals surface area contributed by atoms with Crippen LogP contribution in [0.15, 0.2) is 18.2 Å². The second kappa shape index (κ2) is 6.71. The number of nitrogens with one attached hydrogen (secondary N) is 1. The summed E-state index contributed by atoms with van der Waals surface area (Å²) in [6, 6.07) is 4.94. The maximum Gasteiger partial charge on any atom is 0.387 e. The zero-order valence-corrected chi connectivity index (χ0v) is 11.9. The SMILES string of the molecule is COc1ccc(CN[C@H]2CC(=O)N(C)C2)cc1OC(F)F. The van der Waals surface area contributed by atoms with E-state index in [1.807, 2.05) is 0 Å². The van der Waals surface area contributed by atoms with Crippen molar-refractivity contribution < 1.29 is 23.0 Å². The average molecular weight is 300 g/mol. The molecule has 1 N–H and O–H groups in total. The van der Waals surface area contributed by atoms with Crippen molar-refractivity contribution >= 4 is 5.91 Å². The number of carbonyl (C=O) groups is 1. The third-order valence-corrected chi connectivity index (χ3v) is 3.38. The highest BCUT2D eigenvalue weighted by Crippen LogP contribution is 2.29. The molecule has 0 aromatic heterocycles. The van der Waals surface area contributed by atoms with Gasteiger partial charge in [0.1, 0.15) is 0 Å². The summed E-state index contributed by atoms with van der Waals surface area (Å²) in [5.74, 6) is 0.366. The van der Waals surface area contributed by atoms with Crippen molar-refractivity contribution in [3.63, 3.8) is 0 Å². The smallest absolute Gasteiger partial charge is 0.387 e. The van der Waals surface area contributed by atoms with E-state index in [0.717, 1.165) is 5.56 Å². The molecule has 0 aliphatic carbocycles. The van der Waals surface area contributed by atoms with Crippen molar-refractivity contribution in [3.8, 4) is 11.5 Å². The lowest BCUT2D eigenvalue weighted by molar-refractivity contribution is -0.126. The van der Waals surface area contributed by atoms with Crippen LogP contribution in [0.1, 0.15) is 12.0 Å². The van der Waals surface area contributed by atoms with Crippen LogP contribution in [0.2, 0.25) is 0 Å². The zero-order valence-electron chi connectivity index (χ0n) is 11.9. The van der Waals surface area contributed by atoms with Crippen molar-refractivity contribution in [2.24, 2.45) is 0 Å². The summed E-state index contributed by atoms with van der Waals surface area (Å²) in [5.41, 5.74) is 0.786. The van der Waals surface area contributed by atoms with Crippen LogP contribution in [0.4, 0.5) is 8.78 Å². The molecular weight excluding hydrogens is 282 g/mol. The molecule has 1 aromatic carbocycles. The number of amides is 1. The van der Waals surface area contributed by atoms with Gasteiger partial charge in [-0.05, 0) is 17.7 Å². The Morgan fingerprint density at radius 3 is 2.76 bits per heavy atom. The molecule has 116 valence electrons. The molecule has 0 saturated carbocycles. The van der Waals surface area contributed by atoms with Crippen LogP contribution < -0.4 is 14.8 Å². The van der Waals surface area contributed by atoms with E-state index in [9.17, 15) is 13.6 Å².